The molecule has 60 valence electrons. The van der Waals surface area contributed by atoms with E-state index >= 15 is 0 Å². The molecule has 0 bridgehead atoms. The molecule has 10 heavy (non-hydrogen) atoms. The Hall–Kier alpha value is -0.0800. The predicted octanol–water partition coefficient (Wildman–Crippen LogP) is 0.852. The highest BCUT2D eigenvalue weighted by atomic mass is 16.3. The number of likely N-dealkylation sites (tertiary alicyclic amines) is 1. The summed E-state index contributed by atoms with van der Waals surface area (Å²) in [5, 5.41) is 9.25. The smallest absolute Gasteiger partial charge is 0.0682 e. The molecule has 0 radical (unpaired) electrons. The van der Waals surface area contributed by atoms with Gasteiger partial charge in [-0.05, 0) is 26.3 Å². The zero-order valence-corrected chi connectivity index (χ0v) is 6.88. The fraction of sp³-hybridized carbons (Fsp3) is 1.00. The maximum atomic E-state index is 9.25. The summed E-state index contributed by atoms with van der Waals surface area (Å²) in [7, 11) is 0. The zero-order chi connectivity index (χ0) is 7.56. The average molecular weight is 143 g/mol. The lowest BCUT2D eigenvalue weighted by Gasteiger charge is -2.18. The minimum Gasteiger partial charge on any atom is -0.392 e. The molecule has 0 aromatic carbocycles. The minimum atomic E-state index is -0.0680. The monoisotopic (exact) mass is 143 g/mol. The number of aliphatic hydroxyl groups is 1. The topological polar surface area (TPSA) is 23.5 Å². The molecule has 1 aliphatic heterocycles. The fourth-order valence-corrected chi connectivity index (χ4v) is 1.67. The van der Waals surface area contributed by atoms with Crippen LogP contribution in [0, 0.1) is 0 Å². The summed E-state index contributed by atoms with van der Waals surface area (Å²) >= 11 is 0. The van der Waals surface area contributed by atoms with Crippen molar-refractivity contribution in [3.8, 4) is 0 Å². The molecular formula is C8H17NO. The van der Waals surface area contributed by atoms with Crippen molar-refractivity contribution in [1.29, 1.82) is 0 Å². The highest BCUT2D eigenvalue weighted by Gasteiger charge is 2.25. The van der Waals surface area contributed by atoms with Crippen molar-refractivity contribution >= 4 is 0 Å². The molecule has 1 unspecified atom stereocenters. The van der Waals surface area contributed by atoms with Gasteiger partial charge in [0.1, 0.15) is 0 Å². The van der Waals surface area contributed by atoms with Gasteiger partial charge in [0.15, 0.2) is 0 Å². The van der Waals surface area contributed by atoms with Crippen LogP contribution >= 0.6 is 0 Å². The third kappa shape index (κ3) is 1.70. The maximum Gasteiger partial charge on any atom is 0.0682 e. The van der Waals surface area contributed by atoms with E-state index in [-0.39, 0.29) is 6.10 Å². The number of rotatable bonds is 2. The first-order valence-corrected chi connectivity index (χ1v) is 4.16. The number of nitrogens with zero attached hydrogens (tertiary/aromatic N) is 1. The third-order valence-electron chi connectivity index (χ3n) is 2.19. The number of hydrogen-bond acceptors (Lipinski definition) is 2. The van der Waals surface area contributed by atoms with Crippen molar-refractivity contribution < 1.29 is 5.11 Å². The molecule has 1 heterocycles. The average Bonchev–Trinajstić information content (AvgIpc) is 2.13. The molecule has 1 rings (SSSR count). The van der Waals surface area contributed by atoms with Crippen LogP contribution in [-0.4, -0.2) is 35.2 Å². The van der Waals surface area contributed by atoms with Crippen LogP contribution < -0.4 is 0 Å². The van der Waals surface area contributed by atoms with E-state index in [1.807, 2.05) is 0 Å². The van der Waals surface area contributed by atoms with E-state index in [4.69, 9.17) is 0 Å². The molecule has 1 N–H and O–H groups in total. The molecule has 1 saturated heterocycles. The molecule has 2 nitrogen and oxygen atoms in total. The third-order valence-corrected chi connectivity index (χ3v) is 2.19. The Morgan fingerprint density at radius 1 is 1.60 bits per heavy atom. The summed E-state index contributed by atoms with van der Waals surface area (Å²) in [6, 6.07) is 0.593. The first-order valence-electron chi connectivity index (χ1n) is 4.16. The van der Waals surface area contributed by atoms with Gasteiger partial charge in [-0.15, -0.1) is 0 Å². The predicted molar refractivity (Wildman–Crippen MR) is 41.9 cm³/mol. The van der Waals surface area contributed by atoms with Gasteiger partial charge in [0.25, 0.3) is 0 Å². The second-order valence-corrected chi connectivity index (χ2v) is 3.23. The summed E-state index contributed by atoms with van der Waals surface area (Å²) in [5.74, 6) is 0. The number of aliphatic hydroxyl groups excluding tert-OH is 1. The van der Waals surface area contributed by atoms with Gasteiger partial charge in [0.05, 0.1) is 6.10 Å². The van der Waals surface area contributed by atoms with E-state index in [9.17, 15) is 5.11 Å². The fourth-order valence-electron chi connectivity index (χ4n) is 1.67. The number of hydrogen-bond donors (Lipinski definition) is 1. The molecule has 2 atom stereocenters. The van der Waals surface area contributed by atoms with Gasteiger partial charge in [0.2, 0.25) is 0 Å². The largest absolute Gasteiger partial charge is 0.392 e. The van der Waals surface area contributed by atoms with Crippen LogP contribution in [0.15, 0.2) is 0 Å². The Morgan fingerprint density at radius 3 is 2.70 bits per heavy atom. The van der Waals surface area contributed by atoms with Crippen LogP contribution in [0.3, 0.4) is 0 Å². The molecule has 1 fully saturated rings. The first-order chi connectivity index (χ1) is 4.74. The van der Waals surface area contributed by atoms with Gasteiger partial charge in [-0.3, -0.25) is 4.90 Å². The van der Waals surface area contributed by atoms with Crippen LogP contribution in [0.2, 0.25) is 0 Å². The van der Waals surface area contributed by atoms with Crippen molar-refractivity contribution in [3.05, 3.63) is 0 Å². The Morgan fingerprint density at radius 2 is 2.30 bits per heavy atom. The number of β-amino-alcohol motifs (C(OH)–C–C–N with tert-alkyl or cyclic N) is 1. The molecule has 1 aliphatic rings. The summed E-state index contributed by atoms with van der Waals surface area (Å²) in [4.78, 5) is 2.35. The molecule has 0 aromatic rings. The van der Waals surface area contributed by atoms with Gasteiger partial charge >= 0.3 is 0 Å². The van der Waals surface area contributed by atoms with Crippen molar-refractivity contribution in [1.82, 2.24) is 4.90 Å². The summed E-state index contributed by atoms with van der Waals surface area (Å²) in [6.45, 7) is 6.39. The Balaban J connectivity index is 2.31. The molecule has 0 aromatic heterocycles. The Kier molecular flexibility index (Phi) is 2.69. The van der Waals surface area contributed by atoms with Gasteiger partial charge in [-0.1, -0.05) is 6.92 Å². The van der Waals surface area contributed by atoms with Gasteiger partial charge in [0, 0.05) is 12.6 Å². The molecule has 2 heteroatoms. The van der Waals surface area contributed by atoms with Crippen LogP contribution in [0.4, 0.5) is 0 Å². The highest BCUT2D eigenvalue weighted by molar-refractivity contribution is 4.81. The van der Waals surface area contributed by atoms with Crippen molar-refractivity contribution in [2.24, 2.45) is 0 Å². The second-order valence-electron chi connectivity index (χ2n) is 3.23. The summed E-state index contributed by atoms with van der Waals surface area (Å²) < 4.78 is 0. The minimum absolute atomic E-state index is 0.0680. The molecule has 0 amide bonds. The van der Waals surface area contributed by atoms with E-state index in [0.717, 1.165) is 19.5 Å². The van der Waals surface area contributed by atoms with Crippen LogP contribution in [0.1, 0.15) is 26.7 Å². The highest BCUT2D eigenvalue weighted by Crippen LogP contribution is 2.16. The maximum absolute atomic E-state index is 9.25. The second kappa shape index (κ2) is 3.35. The summed E-state index contributed by atoms with van der Waals surface area (Å²) in [5.41, 5.74) is 0. The molecular weight excluding hydrogens is 126 g/mol. The van der Waals surface area contributed by atoms with Crippen molar-refractivity contribution in [2.45, 2.75) is 38.8 Å². The van der Waals surface area contributed by atoms with Crippen LogP contribution in [0.25, 0.3) is 0 Å². The zero-order valence-electron chi connectivity index (χ0n) is 6.88. The normalized spacial score (nSPS) is 35.1. The van der Waals surface area contributed by atoms with E-state index in [1.54, 1.807) is 0 Å². The lowest BCUT2D eigenvalue weighted by Crippen LogP contribution is -2.28. The lowest BCUT2D eigenvalue weighted by molar-refractivity contribution is 0.175. The Bertz CT molecular complexity index is 105. The van der Waals surface area contributed by atoms with E-state index in [0.29, 0.717) is 6.04 Å². The van der Waals surface area contributed by atoms with Gasteiger partial charge < -0.3 is 5.11 Å². The molecule has 0 spiro atoms. The van der Waals surface area contributed by atoms with Gasteiger partial charge in [-0.25, -0.2) is 0 Å². The van der Waals surface area contributed by atoms with Crippen molar-refractivity contribution in [3.63, 3.8) is 0 Å². The van der Waals surface area contributed by atoms with Crippen LogP contribution in [0.5, 0.6) is 0 Å². The van der Waals surface area contributed by atoms with E-state index in [1.165, 1.54) is 6.42 Å². The molecule has 0 saturated carbocycles. The quantitative estimate of drug-likeness (QED) is 0.619. The van der Waals surface area contributed by atoms with Crippen LogP contribution in [-0.2, 0) is 0 Å². The van der Waals surface area contributed by atoms with Gasteiger partial charge in [-0.2, -0.15) is 0 Å². The first kappa shape index (κ1) is 8.02. The lowest BCUT2D eigenvalue weighted by atomic mass is 10.2. The summed E-state index contributed by atoms with van der Waals surface area (Å²) in [6.07, 6.45) is 2.08. The standard InChI is InChI=1S/C8H17NO/c1-3-4-9-6-8(10)5-7(9)2/h7-8,10H,3-6H2,1-2H3/t7-,8?/m1/s1. The SMILES string of the molecule is CCCN1CC(O)C[C@H]1C. The van der Waals surface area contributed by atoms with E-state index in [2.05, 4.69) is 18.7 Å². The Labute approximate surface area is 62.8 Å². The van der Waals surface area contributed by atoms with E-state index < -0.39 is 0 Å². The molecule has 0 aliphatic carbocycles. The van der Waals surface area contributed by atoms with Crippen molar-refractivity contribution in [2.75, 3.05) is 13.1 Å².